The van der Waals surface area contributed by atoms with E-state index >= 15 is 0 Å². The van der Waals surface area contributed by atoms with Crippen LogP contribution in [0.2, 0.25) is 0 Å². The third kappa shape index (κ3) is 2.79. The normalized spacial score (nSPS) is 10.4. The Morgan fingerprint density at radius 1 is 1.06 bits per heavy atom. The average molecular weight is 220 g/mol. The summed E-state index contributed by atoms with van der Waals surface area (Å²) in [5, 5.41) is 8.94. The Kier molecular flexibility index (Phi) is 3.32. The van der Waals surface area contributed by atoms with Crippen molar-refractivity contribution in [2.45, 2.75) is 6.92 Å². The molecule has 2 aromatic carbocycles. The van der Waals surface area contributed by atoms with Gasteiger partial charge in [-0.3, -0.25) is 4.99 Å². The van der Waals surface area contributed by atoms with Crippen LogP contribution < -0.4 is 0 Å². The van der Waals surface area contributed by atoms with Crippen molar-refractivity contribution >= 4 is 11.9 Å². The summed E-state index contributed by atoms with van der Waals surface area (Å²) in [6.07, 6.45) is 1.73. The number of hydrogen-bond donors (Lipinski definition) is 0. The van der Waals surface area contributed by atoms with Crippen molar-refractivity contribution in [2.75, 3.05) is 0 Å². The highest BCUT2D eigenvalue weighted by Crippen LogP contribution is 2.13. The number of nitrogens with zero attached hydrogens (tertiary/aromatic N) is 2. The van der Waals surface area contributed by atoms with Crippen LogP contribution in [0.4, 0.5) is 5.69 Å². The lowest BCUT2D eigenvalue weighted by Gasteiger charge is -1.97. The molecule has 0 amide bonds. The van der Waals surface area contributed by atoms with Gasteiger partial charge in [0.25, 0.3) is 0 Å². The molecule has 0 aliphatic heterocycles. The van der Waals surface area contributed by atoms with Crippen LogP contribution in [0.3, 0.4) is 0 Å². The molecular formula is C15H12N2. The second kappa shape index (κ2) is 5.09. The van der Waals surface area contributed by atoms with Gasteiger partial charge in [-0.25, -0.2) is 0 Å². The summed E-state index contributed by atoms with van der Waals surface area (Å²) in [4.78, 5) is 4.35. The molecule has 2 heteroatoms. The van der Waals surface area contributed by atoms with Gasteiger partial charge >= 0.3 is 0 Å². The van der Waals surface area contributed by atoms with Crippen LogP contribution in [0.5, 0.6) is 0 Å². The lowest BCUT2D eigenvalue weighted by molar-refractivity contribution is 1.43. The average Bonchev–Trinajstić information content (AvgIpc) is 2.38. The molecular weight excluding hydrogens is 208 g/mol. The molecule has 0 radical (unpaired) electrons. The van der Waals surface area contributed by atoms with Gasteiger partial charge in [0, 0.05) is 11.8 Å². The summed E-state index contributed by atoms with van der Waals surface area (Å²) in [5.74, 6) is 0. The van der Waals surface area contributed by atoms with Crippen molar-refractivity contribution in [3.8, 4) is 6.07 Å². The highest BCUT2D eigenvalue weighted by Gasteiger charge is 1.96. The molecule has 0 saturated carbocycles. The minimum atomic E-state index is 0.642. The standard InChI is InChI=1S/C15H12N2/c1-12-6-8-15(9-7-12)17-11-14-5-3-2-4-13(14)10-16/h2-9,11H,1H3/b17-11+. The number of nitriles is 1. The highest BCUT2D eigenvalue weighted by molar-refractivity contribution is 5.85. The third-order valence-electron chi connectivity index (χ3n) is 2.47. The first kappa shape index (κ1) is 11.1. The number of hydrogen-bond acceptors (Lipinski definition) is 2. The zero-order valence-corrected chi connectivity index (χ0v) is 9.59. The van der Waals surface area contributed by atoms with Crippen LogP contribution >= 0.6 is 0 Å². The molecule has 0 aliphatic carbocycles. The van der Waals surface area contributed by atoms with E-state index in [2.05, 4.69) is 11.1 Å². The van der Waals surface area contributed by atoms with Crippen LogP contribution in [0.15, 0.2) is 53.5 Å². The molecule has 0 aromatic heterocycles. The van der Waals surface area contributed by atoms with Gasteiger partial charge in [-0.2, -0.15) is 5.26 Å². The van der Waals surface area contributed by atoms with Gasteiger partial charge < -0.3 is 0 Å². The second-order valence-electron chi connectivity index (χ2n) is 3.79. The Morgan fingerprint density at radius 2 is 1.76 bits per heavy atom. The number of aliphatic imine (C=N–C) groups is 1. The van der Waals surface area contributed by atoms with E-state index in [0.29, 0.717) is 5.56 Å². The van der Waals surface area contributed by atoms with Crippen molar-refractivity contribution in [2.24, 2.45) is 4.99 Å². The summed E-state index contributed by atoms with van der Waals surface area (Å²) in [6.45, 7) is 2.04. The van der Waals surface area contributed by atoms with Crippen LogP contribution in [-0.4, -0.2) is 6.21 Å². The lowest BCUT2D eigenvalue weighted by atomic mass is 10.1. The Labute approximate surface area is 101 Å². The first-order chi connectivity index (χ1) is 8.29. The SMILES string of the molecule is Cc1ccc(/N=C/c2ccccc2C#N)cc1. The Morgan fingerprint density at radius 3 is 2.47 bits per heavy atom. The minimum Gasteiger partial charge on any atom is -0.256 e. The molecule has 0 fully saturated rings. The summed E-state index contributed by atoms with van der Waals surface area (Å²) < 4.78 is 0. The van der Waals surface area contributed by atoms with Gasteiger partial charge in [0.15, 0.2) is 0 Å². The van der Waals surface area contributed by atoms with E-state index in [1.807, 2.05) is 49.4 Å². The summed E-state index contributed by atoms with van der Waals surface area (Å²) in [7, 11) is 0. The van der Waals surface area contributed by atoms with Crippen molar-refractivity contribution < 1.29 is 0 Å². The smallest absolute Gasteiger partial charge is 0.0998 e. The van der Waals surface area contributed by atoms with Gasteiger partial charge in [0.2, 0.25) is 0 Å². The molecule has 0 heterocycles. The van der Waals surface area contributed by atoms with Crippen LogP contribution in [0.25, 0.3) is 0 Å². The maximum atomic E-state index is 8.94. The minimum absolute atomic E-state index is 0.642. The summed E-state index contributed by atoms with van der Waals surface area (Å²) in [6, 6.07) is 17.5. The third-order valence-corrected chi connectivity index (χ3v) is 2.47. The van der Waals surface area contributed by atoms with Crippen LogP contribution in [-0.2, 0) is 0 Å². The van der Waals surface area contributed by atoms with E-state index in [-0.39, 0.29) is 0 Å². The Hall–Kier alpha value is -2.40. The molecule has 17 heavy (non-hydrogen) atoms. The van der Waals surface area contributed by atoms with Crippen molar-refractivity contribution in [1.29, 1.82) is 5.26 Å². The van der Waals surface area contributed by atoms with E-state index in [0.717, 1.165) is 11.3 Å². The van der Waals surface area contributed by atoms with Gasteiger partial charge in [0.1, 0.15) is 0 Å². The Balaban J connectivity index is 2.26. The van der Waals surface area contributed by atoms with E-state index in [1.54, 1.807) is 12.3 Å². The molecule has 2 nitrogen and oxygen atoms in total. The molecule has 82 valence electrons. The predicted octanol–water partition coefficient (Wildman–Crippen LogP) is 3.62. The fourth-order valence-electron chi connectivity index (χ4n) is 1.49. The van der Waals surface area contributed by atoms with E-state index in [9.17, 15) is 0 Å². The van der Waals surface area contributed by atoms with Gasteiger partial charge in [-0.05, 0) is 25.1 Å². The molecule has 2 aromatic rings. The van der Waals surface area contributed by atoms with E-state index < -0.39 is 0 Å². The lowest BCUT2D eigenvalue weighted by Crippen LogP contribution is -1.86. The molecule has 0 N–H and O–H groups in total. The highest BCUT2D eigenvalue weighted by atomic mass is 14.7. The van der Waals surface area contributed by atoms with Gasteiger partial charge in [-0.1, -0.05) is 35.9 Å². The quantitative estimate of drug-likeness (QED) is 0.712. The van der Waals surface area contributed by atoms with Gasteiger partial charge in [0.05, 0.1) is 17.3 Å². The second-order valence-corrected chi connectivity index (χ2v) is 3.79. The zero-order valence-electron chi connectivity index (χ0n) is 9.59. The number of benzene rings is 2. The van der Waals surface area contributed by atoms with Crippen LogP contribution in [0, 0.1) is 18.3 Å². The molecule has 0 aliphatic rings. The Bertz CT molecular complexity index is 575. The number of aryl methyl sites for hydroxylation is 1. The van der Waals surface area contributed by atoms with E-state index in [1.165, 1.54) is 5.56 Å². The maximum absolute atomic E-state index is 8.94. The van der Waals surface area contributed by atoms with E-state index in [4.69, 9.17) is 5.26 Å². The monoisotopic (exact) mass is 220 g/mol. The molecule has 2 rings (SSSR count). The molecule has 0 unspecified atom stereocenters. The molecule has 0 spiro atoms. The fraction of sp³-hybridized carbons (Fsp3) is 0.0667. The van der Waals surface area contributed by atoms with Gasteiger partial charge in [-0.15, -0.1) is 0 Å². The first-order valence-corrected chi connectivity index (χ1v) is 5.39. The predicted molar refractivity (Wildman–Crippen MR) is 69.6 cm³/mol. The van der Waals surface area contributed by atoms with Crippen LogP contribution in [0.1, 0.15) is 16.7 Å². The fourth-order valence-corrected chi connectivity index (χ4v) is 1.49. The van der Waals surface area contributed by atoms with Crippen molar-refractivity contribution in [3.05, 3.63) is 65.2 Å². The number of rotatable bonds is 2. The largest absolute Gasteiger partial charge is 0.256 e. The maximum Gasteiger partial charge on any atom is 0.0998 e. The molecule has 0 atom stereocenters. The zero-order chi connectivity index (χ0) is 12.1. The van der Waals surface area contributed by atoms with Crippen molar-refractivity contribution in [1.82, 2.24) is 0 Å². The summed E-state index contributed by atoms with van der Waals surface area (Å²) in [5.41, 5.74) is 3.59. The molecule has 0 saturated heterocycles. The topological polar surface area (TPSA) is 36.1 Å². The van der Waals surface area contributed by atoms with Crippen molar-refractivity contribution in [3.63, 3.8) is 0 Å². The summed E-state index contributed by atoms with van der Waals surface area (Å²) >= 11 is 0. The molecule has 0 bridgehead atoms. The first-order valence-electron chi connectivity index (χ1n) is 5.39.